The molecule has 25 heteroatoms. The Hall–Kier alpha value is -4.88. The summed E-state index contributed by atoms with van der Waals surface area (Å²) in [5.41, 5.74) is 3.95. The highest BCUT2D eigenvalue weighted by atomic mass is 36.0. The summed E-state index contributed by atoms with van der Waals surface area (Å²) in [4.78, 5) is 17.8. The van der Waals surface area contributed by atoms with Gasteiger partial charge in [-0.2, -0.15) is 0 Å². The van der Waals surface area contributed by atoms with Crippen LogP contribution in [0.25, 0.3) is 0 Å². The van der Waals surface area contributed by atoms with Crippen molar-refractivity contribution in [2.75, 3.05) is 79.8 Å². The van der Waals surface area contributed by atoms with E-state index in [2.05, 4.69) is 36.3 Å². The topological polar surface area (TPSA) is 174 Å². The number of hydrogen-bond donors (Lipinski definition) is 4. The van der Waals surface area contributed by atoms with Gasteiger partial charge in [0.15, 0.2) is 34.9 Å². The fraction of sp³-hybridized carbons (Fsp3) is 0.377. The van der Waals surface area contributed by atoms with Crippen molar-refractivity contribution in [1.82, 2.24) is 29.7 Å². The normalized spacial score (nSPS) is 11.9. The van der Waals surface area contributed by atoms with E-state index in [-0.39, 0.29) is 66.2 Å². The van der Waals surface area contributed by atoms with Crippen LogP contribution in [0, 0.1) is 34.9 Å². The average molecular weight is 1200 g/mol. The first-order valence-corrected chi connectivity index (χ1v) is 26.6. The van der Waals surface area contributed by atoms with Crippen molar-refractivity contribution in [3.8, 4) is 17.6 Å². The minimum atomic E-state index is -1.67. The first-order valence-electron chi connectivity index (χ1n) is 22.8. The molecule has 0 bridgehead atoms. The number of pyridine rings is 3. The van der Waals surface area contributed by atoms with Gasteiger partial charge in [0.2, 0.25) is 26.9 Å². The number of alkyl halides is 2. The number of methoxy groups -OCH3 is 3. The number of halogens is 10. The van der Waals surface area contributed by atoms with E-state index in [4.69, 9.17) is 41.6 Å². The van der Waals surface area contributed by atoms with Gasteiger partial charge in [-0.25, -0.2) is 45.5 Å². The molecule has 3 aromatic heterocycles. The summed E-state index contributed by atoms with van der Waals surface area (Å²) in [5, 5.41) is 38.2. The van der Waals surface area contributed by atoms with Gasteiger partial charge in [0.25, 0.3) is 0 Å². The van der Waals surface area contributed by atoms with Crippen molar-refractivity contribution in [3.05, 3.63) is 178 Å². The highest BCUT2D eigenvalue weighted by Gasteiger charge is 2.22. The molecule has 0 fully saturated rings. The second-order valence-corrected chi connectivity index (χ2v) is 19.5. The Morgan fingerprint density at radius 1 is 0.551 bits per heavy atom. The van der Waals surface area contributed by atoms with Gasteiger partial charge in [-0.15, -0.1) is 23.2 Å². The molecule has 3 unspecified atom stereocenters. The highest BCUT2D eigenvalue weighted by molar-refractivity contribution is 8.26. The van der Waals surface area contributed by atoms with Crippen LogP contribution in [0.5, 0.6) is 17.6 Å². The van der Waals surface area contributed by atoms with Gasteiger partial charge in [0.1, 0.15) is 0 Å². The molecule has 432 valence electrons. The highest BCUT2D eigenvalue weighted by Crippen LogP contribution is 2.26. The van der Waals surface area contributed by atoms with E-state index in [0.29, 0.717) is 72.0 Å². The summed E-state index contributed by atoms with van der Waals surface area (Å²) in [5.74, 6) is -3.57. The first-order chi connectivity index (χ1) is 36.4. The van der Waals surface area contributed by atoms with Crippen LogP contribution >= 0.6 is 44.6 Å². The number of aliphatic hydroxyl groups is 4. The zero-order chi connectivity index (χ0) is 56.2. The Balaban J connectivity index is 0.000000557. The second kappa shape index (κ2) is 38.7. The lowest BCUT2D eigenvalue weighted by Crippen LogP contribution is -2.33. The lowest BCUT2D eigenvalue weighted by molar-refractivity contribution is 0.0949. The van der Waals surface area contributed by atoms with Crippen molar-refractivity contribution in [3.63, 3.8) is 0 Å². The molecular formula is C53H66Cl4F6N6O8S. The Bertz CT molecular complexity index is 2520. The monoisotopic (exact) mass is 1200 g/mol. The van der Waals surface area contributed by atoms with E-state index in [1.807, 2.05) is 11.0 Å². The molecular weight excluding hydrogens is 1140 g/mol. The summed E-state index contributed by atoms with van der Waals surface area (Å²) in [6.07, 6.45) is 3.92. The lowest BCUT2D eigenvalue weighted by Gasteiger charge is -2.30. The lowest BCUT2D eigenvalue weighted by atomic mass is 10.1. The second-order valence-electron chi connectivity index (χ2n) is 16.1. The molecule has 14 nitrogen and oxygen atoms in total. The molecule has 0 amide bonds. The SMILES string of the molecule is C.C.COc1ccc(C(CO)N(CCO)Cc2ccc(F)c(F)c2)cn1.COc1ccc(C(Cl)CN(CCCl)Cc2ccc(F)c(F)c2)cn1.COc1ccc(C(O)CN(CCO)Cc2ccc(F)c(F)c2)cn1.O=S(Cl)Cl. The maximum Gasteiger partial charge on any atom is 0.212 e. The number of rotatable bonds is 24. The molecule has 6 aromatic rings. The van der Waals surface area contributed by atoms with Crippen LogP contribution in [0.1, 0.15) is 65.8 Å². The largest absolute Gasteiger partial charge is 0.481 e. The molecule has 0 spiro atoms. The molecule has 0 aliphatic rings. The van der Waals surface area contributed by atoms with Crippen LogP contribution in [0.15, 0.2) is 110 Å². The Kier molecular flexibility index (Phi) is 35.3. The average Bonchev–Trinajstić information content (AvgIpc) is 3.40. The minimum Gasteiger partial charge on any atom is -0.481 e. The van der Waals surface area contributed by atoms with Crippen LogP contribution in [0.2, 0.25) is 0 Å². The van der Waals surface area contributed by atoms with Gasteiger partial charge in [0.05, 0.1) is 58.7 Å². The van der Waals surface area contributed by atoms with Crippen molar-refractivity contribution in [2.45, 2.75) is 52.0 Å². The number of aliphatic hydroxyl groups excluding tert-OH is 4. The third-order valence-corrected chi connectivity index (χ3v) is 11.4. The van der Waals surface area contributed by atoms with Gasteiger partial charge in [-0.1, -0.05) is 45.2 Å². The maximum absolute atomic E-state index is 13.4. The summed E-state index contributed by atoms with van der Waals surface area (Å²) in [7, 11) is 11.9. The molecule has 0 aliphatic carbocycles. The Labute approximate surface area is 473 Å². The van der Waals surface area contributed by atoms with E-state index in [0.717, 1.165) is 41.5 Å². The van der Waals surface area contributed by atoms with E-state index in [1.165, 1.54) is 38.6 Å². The molecule has 0 aliphatic heterocycles. The van der Waals surface area contributed by atoms with Crippen LogP contribution in [-0.4, -0.2) is 134 Å². The van der Waals surface area contributed by atoms with Crippen LogP contribution in [0.3, 0.4) is 0 Å². The number of nitrogens with zero attached hydrogens (tertiary/aromatic N) is 6. The van der Waals surface area contributed by atoms with E-state index < -0.39 is 56.3 Å². The molecule has 0 saturated heterocycles. The number of ether oxygens (including phenoxy) is 3. The number of aromatic nitrogens is 3. The molecule has 78 heavy (non-hydrogen) atoms. The zero-order valence-corrected chi connectivity index (χ0v) is 45.2. The minimum absolute atomic E-state index is 0. The summed E-state index contributed by atoms with van der Waals surface area (Å²) < 4.78 is 103. The number of hydrogen-bond acceptors (Lipinski definition) is 14. The molecule has 4 N–H and O–H groups in total. The fourth-order valence-electron chi connectivity index (χ4n) is 7.10. The molecule has 6 rings (SSSR count). The van der Waals surface area contributed by atoms with Gasteiger partial charge >= 0.3 is 0 Å². The van der Waals surface area contributed by atoms with Gasteiger partial charge < -0.3 is 34.6 Å². The van der Waals surface area contributed by atoms with Crippen molar-refractivity contribution in [1.29, 1.82) is 0 Å². The Morgan fingerprint density at radius 2 is 0.936 bits per heavy atom. The molecule has 0 saturated carbocycles. The van der Waals surface area contributed by atoms with Gasteiger partial charge in [-0.05, 0) is 70.3 Å². The van der Waals surface area contributed by atoms with Crippen molar-refractivity contribution in [2.24, 2.45) is 0 Å². The molecule has 3 aromatic carbocycles. The first kappa shape index (κ1) is 71.1. The van der Waals surface area contributed by atoms with Gasteiger partial charge in [0, 0.05) is 122 Å². The van der Waals surface area contributed by atoms with Crippen LogP contribution < -0.4 is 14.2 Å². The van der Waals surface area contributed by atoms with E-state index in [1.54, 1.807) is 65.7 Å². The predicted octanol–water partition coefficient (Wildman–Crippen LogP) is 10.5. The van der Waals surface area contributed by atoms with Crippen LogP contribution in [-0.2, 0) is 28.9 Å². The standard InChI is InChI=1S/C17H18Cl2F2N2O.2C17H20F2N2O3.2CH4.Cl2OS/c1-24-17-5-3-13(9-22-17)14(19)11-23(7-6-18)10-12-2-4-15(20)16(21)8-12;1-24-17-5-3-13(9-20-17)16(11-23)21(6-7-22)10-12-2-4-14(18)15(19)8-12;1-24-17-5-3-13(9-20-17)16(23)11-21(6-7-22)10-12-2-4-14(18)15(19)8-12;;;1-4(2)3/h2-5,8-9,14H,6-7,10-11H2,1H3;2*2-5,8-9,16,22-23H,6-7,10-11H2,1H3;2*1H4;. The molecule has 3 atom stereocenters. The maximum atomic E-state index is 13.4. The van der Waals surface area contributed by atoms with E-state index >= 15 is 0 Å². The Morgan fingerprint density at radius 3 is 1.28 bits per heavy atom. The third-order valence-electron chi connectivity index (χ3n) is 10.9. The summed E-state index contributed by atoms with van der Waals surface area (Å²) in [6.45, 7) is 2.33. The molecule has 3 heterocycles. The third kappa shape index (κ3) is 25.5. The van der Waals surface area contributed by atoms with Gasteiger partial charge in [-0.3, -0.25) is 14.7 Å². The van der Waals surface area contributed by atoms with Crippen molar-refractivity contribution < 1.29 is 65.2 Å². The van der Waals surface area contributed by atoms with Crippen molar-refractivity contribution >= 4 is 53.8 Å². The van der Waals surface area contributed by atoms with E-state index in [9.17, 15) is 46.8 Å². The summed E-state index contributed by atoms with van der Waals surface area (Å²) in [6, 6.07) is 21.1. The zero-order valence-electron chi connectivity index (χ0n) is 41.4. The molecule has 0 radical (unpaired) electrons. The quantitative estimate of drug-likeness (QED) is 0.0256. The van der Waals surface area contributed by atoms with Crippen LogP contribution in [0.4, 0.5) is 26.3 Å². The number of benzene rings is 3. The summed E-state index contributed by atoms with van der Waals surface area (Å²) >= 11 is 12.3. The smallest absolute Gasteiger partial charge is 0.212 e. The fourth-order valence-corrected chi connectivity index (χ4v) is 7.66. The predicted molar refractivity (Wildman–Crippen MR) is 294 cm³/mol.